The van der Waals surface area contributed by atoms with E-state index in [0.717, 1.165) is 0 Å². The SMILES string of the molecule is CCOC(=O)c1cccc(Oc2cccc(Cl)c2F)c1N. The van der Waals surface area contributed by atoms with Crippen molar-refractivity contribution in [2.45, 2.75) is 6.92 Å². The lowest BCUT2D eigenvalue weighted by Crippen LogP contribution is -2.08. The molecule has 0 aliphatic carbocycles. The van der Waals surface area contributed by atoms with Gasteiger partial charge in [0.1, 0.15) is 0 Å². The predicted molar refractivity (Wildman–Crippen MR) is 78.3 cm³/mol. The van der Waals surface area contributed by atoms with E-state index in [-0.39, 0.29) is 34.4 Å². The molecule has 0 atom stereocenters. The molecule has 0 amide bonds. The number of benzene rings is 2. The fourth-order valence-electron chi connectivity index (χ4n) is 1.70. The number of hydrogen-bond donors (Lipinski definition) is 1. The van der Waals surface area contributed by atoms with Crippen molar-refractivity contribution < 1.29 is 18.7 Å². The van der Waals surface area contributed by atoms with Crippen LogP contribution < -0.4 is 10.5 Å². The second kappa shape index (κ2) is 6.45. The summed E-state index contributed by atoms with van der Waals surface area (Å²) in [6.45, 7) is 1.92. The summed E-state index contributed by atoms with van der Waals surface area (Å²) in [7, 11) is 0. The van der Waals surface area contributed by atoms with Gasteiger partial charge in [0, 0.05) is 0 Å². The summed E-state index contributed by atoms with van der Waals surface area (Å²) < 4.78 is 24.1. The molecule has 6 heteroatoms. The number of hydrogen-bond acceptors (Lipinski definition) is 4. The number of nitrogen functional groups attached to an aromatic ring is 1. The molecule has 0 fully saturated rings. The Bertz CT molecular complexity index is 676. The van der Waals surface area contributed by atoms with Crippen LogP contribution in [0.2, 0.25) is 5.02 Å². The molecule has 0 aliphatic rings. The van der Waals surface area contributed by atoms with Gasteiger partial charge in [-0.05, 0) is 31.2 Å². The van der Waals surface area contributed by atoms with E-state index in [1.54, 1.807) is 19.1 Å². The van der Waals surface area contributed by atoms with Gasteiger partial charge in [0.2, 0.25) is 0 Å². The summed E-state index contributed by atoms with van der Waals surface area (Å²) >= 11 is 5.68. The molecule has 0 unspecified atom stereocenters. The van der Waals surface area contributed by atoms with E-state index in [2.05, 4.69) is 0 Å². The third-order valence-corrected chi connectivity index (χ3v) is 2.99. The van der Waals surface area contributed by atoms with Crippen molar-refractivity contribution in [1.82, 2.24) is 0 Å². The fourth-order valence-corrected chi connectivity index (χ4v) is 1.87. The van der Waals surface area contributed by atoms with Crippen molar-refractivity contribution in [3.63, 3.8) is 0 Å². The normalized spacial score (nSPS) is 10.2. The first-order valence-corrected chi connectivity index (χ1v) is 6.59. The Kier molecular flexibility index (Phi) is 4.65. The Labute approximate surface area is 126 Å². The zero-order valence-corrected chi connectivity index (χ0v) is 12.0. The zero-order chi connectivity index (χ0) is 15.4. The molecular weight excluding hydrogens is 297 g/mol. The number of ether oxygens (including phenoxy) is 2. The van der Waals surface area contributed by atoms with E-state index >= 15 is 0 Å². The largest absolute Gasteiger partial charge is 0.462 e. The van der Waals surface area contributed by atoms with Crippen LogP contribution >= 0.6 is 11.6 Å². The van der Waals surface area contributed by atoms with Crippen LogP contribution in [0.25, 0.3) is 0 Å². The van der Waals surface area contributed by atoms with Crippen LogP contribution in [-0.2, 0) is 4.74 Å². The highest BCUT2D eigenvalue weighted by Gasteiger charge is 2.16. The molecule has 110 valence electrons. The van der Waals surface area contributed by atoms with Gasteiger partial charge in [0.05, 0.1) is 22.9 Å². The lowest BCUT2D eigenvalue weighted by atomic mass is 10.1. The molecular formula is C15H13ClFNO3. The molecule has 2 aromatic rings. The van der Waals surface area contributed by atoms with Gasteiger partial charge in [-0.15, -0.1) is 0 Å². The molecule has 2 rings (SSSR count). The minimum Gasteiger partial charge on any atom is -0.462 e. The number of anilines is 1. The number of carbonyl (C=O) groups excluding carboxylic acids is 1. The van der Waals surface area contributed by atoms with Crippen molar-refractivity contribution in [1.29, 1.82) is 0 Å². The maximum absolute atomic E-state index is 13.8. The van der Waals surface area contributed by atoms with Crippen molar-refractivity contribution in [3.05, 3.63) is 52.8 Å². The average molecular weight is 310 g/mol. The summed E-state index contributed by atoms with van der Waals surface area (Å²) in [4.78, 5) is 11.7. The average Bonchev–Trinajstić information content (AvgIpc) is 2.46. The fraction of sp³-hybridized carbons (Fsp3) is 0.133. The van der Waals surface area contributed by atoms with Crippen molar-refractivity contribution >= 4 is 23.3 Å². The van der Waals surface area contributed by atoms with Gasteiger partial charge in [0.25, 0.3) is 0 Å². The summed E-state index contributed by atoms with van der Waals surface area (Å²) in [6.07, 6.45) is 0. The number of esters is 1. The van der Waals surface area contributed by atoms with Crippen molar-refractivity contribution in [3.8, 4) is 11.5 Å². The van der Waals surface area contributed by atoms with Crippen LogP contribution in [0.1, 0.15) is 17.3 Å². The number of carbonyl (C=O) groups is 1. The third kappa shape index (κ3) is 3.25. The molecule has 2 aromatic carbocycles. The zero-order valence-electron chi connectivity index (χ0n) is 11.2. The van der Waals surface area contributed by atoms with Crippen molar-refractivity contribution in [2.75, 3.05) is 12.3 Å². The molecule has 4 nitrogen and oxygen atoms in total. The maximum atomic E-state index is 13.8. The van der Waals surface area contributed by atoms with Crippen LogP contribution in [0.3, 0.4) is 0 Å². The van der Waals surface area contributed by atoms with Crippen LogP contribution in [0.5, 0.6) is 11.5 Å². The Balaban J connectivity index is 2.35. The van der Waals surface area contributed by atoms with Crippen molar-refractivity contribution in [2.24, 2.45) is 0 Å². The summed E-state index contributed by atoms with van der Waals surface area (Å²) in [5.74, 6) is -1.18. The predicted octanol–water partition coefficient (Wildman–Crippen LogP) is 4.03. The Hall–Kier alpha value is -2.27. The van der Waals surface area contributed by atoms with Crippen LogP contribution in [0.15, 0.2) is 36.4 Å². The molecule has 0 saturated carbocycles. The van der Waals surface area contributed by atoms with Crippen LogP contribution in [0.4, 0.5) is 10.1 Å². The van der Waals surface area contributed by atoms with Gasteiger partial charge in [0.15, 0.2) is 17.3 Å². The van der Waals surface area contributed by atoms with Gasteiger partial charge in [-0.1, -0.05) is 23.7 Å². The second-order valence-corrected chi connectivity index (χ2v) is 4.50. The van der Waals surface area contributed by atoms with Gasteiger partial charge in [-0.2, -0.15) is 0 Å². The van der Waals surface area contributed by atoms with E-state index in [4.69, 9.17) is 26.8 Å². The van der Waals surface area contributed by atoms with E-state index in [1.165, 1.54) is 24.3 Å². The topological polar surface area (TPSA) is 61.5 Å². The number of halogens is 2. The first kappa shape index (κ1) is 15.1. The minimum atomic E-state index is -0.694. The highest BCUT2D eigenvalue weighted by molar-refractivity contribution is 6.30. The molecule has 0 heterocycles. The Morgan fingerprint density at radius 2 is 1.90 bits per heavy atom. The molecule has 0 spiro atoms. The van der Waals surface area contributed by atoms with E-state index in [1.807, 2.05) is 0 Å². The molecule has 21 heavy (non-hydrogen) atoms. The van der Waals surface area contributed by atoms with E-state index in [0.29, 0.717) is 0 Å². The minimum absolute atomic E-state index is 0.0624. The monoisotopic (exact) mass is 309 g/mol. The summed E-state index contributed by atoms with van der Waals surface area (Å²) in [5, 5.41) is -0.0624. The van der Waals surface area contributed by atoms with Crippen LogP contribution in [0, 0.1) is 5.82 Å². The molecule has 2 N–H and O–H groups in total. The highest BCUT2D eigenvalue weighted by atomic mass is 35.5. The molecule has 0 aliphatic heterocycles. The highest BCUT2D eigenvalue weighted by Crippen LogP contribution is 2.33. The molecule has 0 radical (unpaired) electrons. The first-order valence-electron chi connectivity index (χ1n) is 6.22. The van der Waals surface area contributed by atoms with Crippen LogP contribution in [-0.4, -0.2) is 12.6 Å². The maximum Gasteiger partial charge on any atom is 0.340 e. The van der Waals surface area contributed by atoms with Gasteiger partial charge >= 0.3 is 5.97 Å². The first-order chi connectivity index (χ1) is 10.0. The second-order valence-electron chi connectivity index (χ2n) is 4.09. The summed E-state index contributed by atoms with van der Waals surface area (Å²) in [6, 6.07) is 8.97. The quantitative estimate of drug-likeness (QED) is 0.684. The van der Waals surface area contributed by atoms with Gasteiger partial charge in [-0.3, -0.25) is 0 Å². The number of para-hydroxylation sites is 1. The van der Waals surface area contributed by atoms with E-state index in [9.17, 15) is 9.18 Å². The third-order valence-electron chi connectivity index (χ3n) is 2.70. The van der Waals surface area contributed by atoms with Gasteiger partial charge in [-0.25, -0.2) is 9.18 Å². The molecule has 0 aromatic heterocycles. The number of nitrogens with two attached hydrogens (primary N) is 1. The standard InChI is InChI=1S/C15H13ClFNO3/c1-2-20-15(19)9-5-3-8-12(14(9)18)21-11-7-4-6-10(16)13(11)17/h3-8H,2,18H2,1H3. The van der Waals surface area contributed by atoms with E-state index < -0.39 is 11.8 Å². The lowest BCUT2D eigenvalue weighted by Gasteiger charge is -2.12. The lowest BCUT2D eigenvalue weighted by molar-refractivity contribution is 0.0527. The summed E-state index contributed by atoms with van der Waals surface area (Å²) in [5.41, 5.74) is 6.11. The van der Waals surface area contributed by atoms with Gasteiger partial charge < -0.3 is 15.2 Å². The number of rotatable bonds is 4. The Morgan fingerprint density at radius 1 is 1.24 bits per heavy atom. The Morgan fingerprint density at radius 3 is 2.62 bits per heavy atom. The molecule has 0 bridgehead atoms. The smallest absolute Gasteiger partial charge is 0.340 e. The molecule has 0 saturated heterocycles.